The normalized spacial score (nSPS) is 12.7. The Kier molecular flexibility index (Phi) is 11.3. The van der Waals surface area contributed by atoms with Gasteiger partial charge in [0, 0.05) is 23.5 Å². The Morgan fingerprint density at radius 2 is 1.46 bits per heavy atom. The molecule has 0 aliphatic carbocycles. The second-order valence-electron chi connectivity index (χ2n) is 12.5. The number of carbonyl (C=O) groups excluding carboxylic acids is 2. The van der Waals surface area contributed by atoms with Crippen LogP contribution in [0.1, 0.15) is 43.0 Å². The van der Waals surface area contributed by atoms with E-state index in [1.165, 1.54) is 23.1 Å². The van der Waals surface area contributed by atoms with Crippen LogP contribution in [0.25, 0.3) is 0 Å². The van der Waals surface area contributed by atoms with Crippen LogP contribution >= 0.6 is 11.6 Å². The quantitative estimate of drug-likeness (QED) is 0.177. The molecule has 254 valence electrons. The average Bonchev–Trinajstić information content (AvgIpc) is 3.01. The molecule has 4 rings (SSSR count). The smallest absolute Gasteiger partial charge is 0.350 e. The number of hydrogen-bond acceptors (Lipinski definition) is 4. The van der Waals surface area contributed by atoms with Gasteiger partial charge in [-0.25, -0.2) is 8.42 Å². The molecule has 0 saturated heterocycles. The summed E-state index contributed by atoms with van der Waals surface area (Å²) in [7, 11) is -4.58. The first-order valence-corrected chi connectivity index (χ1v) is 16.9. The van der Waals surface area contributed by atoms with E-state index in [-0.39, 0.29) is 23.5 Å². The van der Waals surface area contributed by atoms with Gasteiger partial charge in [-0.05, 0) is 81.3 Å². The average molecular weight is 700 g/mol. The lowest BCUT2D eigenvalue weighted by Crippen LogP contribution is -2.56. The number of alkyl halides is 3. The zero-order chi connectivity index (χ0) is 35.3. The fourth-order valence-corrected chi connectivity index (χ4v) is 6.66. The third-order valence-corrected chi connectivity index (χ3v) is 9.38. The van der Waals surface area contributed by atoms with E-state index in [2.05, 4.69) is 5.32 Å². The van der Waals surface area contributed by atoms with Crippen molar-refractivity contribution in [3.8, 4) is 0 Å². The minimum absolute atomic E-state index is 0.0727. The fraction of sp³-hybridized carbons (Fsp3) is 0.278. The molecular formula is C36H37ClF3N3O4S. The number of aryl methyl sites for hydroxylation is 1. The summed E-state index contributed by atoms with van der Waals surface area (Å²) in [6, 6.07) is 24.1. The number of benzene rings is 4. The van der Waals surface area contributed by atoms with Crippen molar-refractivity contribution in [2.45, 2.75) is 63.3 Å². The van der Waals surface area contributed by atoms with Gasteiger partial charge in [0.15, 0.2) is 0 Å². The van der Waals surface area contributed by atoms with Crippen LogP contribution < -0.4 is 9.62 Å². The molecule has 2 amide bonds. The highest BCUT2D eigenvalue weighted by Crippen LogP contribution is 2.33. The first-order valence-electron chi connectivity index (χ1n) is 15.1. The third-order valence-electron chi connectivity index (χ3n) is 7.36. The van der Waals surface area contributed by atoms with E-state index in [4.69, 9.17) is 11.6 Å². The van der Waals surface area contributed by atoms with Crippen molar-refractivity contribution in [3.63, 3.8) is 0 Å². The number of sulfonamides is 1. The van der Waals surface area contributed by atoms with E-state index in [0.717, 1.165) is 23.3 Å². The highest BCUT2D eigenvalue weighted by atomic mass is 35.5. The Bertz CT molecular complexity index is 1840. The van der Waals surface area contributed by atoms with Gasteiger partial charge in [-0.3, -0.25) is 13.9 Å². The molecule has 0 aromatic heterocycles. The van der Waals surface area contributed by atoms with Crippen LogP contribution in [-0.4, -0.2) is 43.3 Å². The summed E-state index contributed by atoms with van der Waals surface area (Å²) in [5.74, 6) is -1.30. The Balaban J connectivity index is 1.86. The van der Waals surface area contributed by atoms with Crippen LogP contribution in [0.2, 0.25) is 5.02 Å². The summed E-state index contributed by atoms with van der Waals surface area (Å²) in [6.45, 7) is 6.08. The van der Waals surface area contributed by atoms with Crippen molar-refractivity contribution < 1.29 is 31.2 Å². The van der Waals surface area contributed by atoms with E-state index >= 15 is 0 Å². The predicted molar refractivity (Wildman–Crippen MR) is 181 cm³/mol. The van der Waals surface area contributed by atoms with Gasteiger partial charge in [-0.1, -0.05) is 77.8 Å². The zero-order valence-electron chi connectivity index (χ0n) is 27.0. The molecule has 0 bridgehead atoms. The molecule has 0 radical (unpaired) electrons. The number of nitrogens with zero attached hydrogens (tertiary/aromatic N) is 2. The number of carbonyl (C=O) groups is 2. The molecule has 48 heavy (non-hydrogen) atoms. The van der Waals surface area contributed by atoms with Crippen molar-refractivity contribution in [2.75, 3.05) is 10.8 Å². The van der Waals surface area contributed by atoms with Gasteiger partial charge in [0.1, 0.15) is 12.6 Å². The van der Waals surface area contributed by atoms with E-state index < -0.39 is 51.7 Å². The van der Waals surface area contributed by atoms with E-state index in [1.54, 1.807) is 88.4 Å². The first-order chi connectivity index (χ1) is 22.4. The number of rotatable bonds is 11. The second kappa shape index (κ2) is 14.8. The molecule has 0 spiro atoms. The molecule has 0 aliphatic heterocycles. The minimum atomic E-state index is -4.77. The number of nitrogens with one attached hydrogen (secondary N) is 1. The maximum atomic E-state index is 14.5. The monoisotopic (exact) mass is 699 g/mol. The Labute approximate surface area is 284 Å². The Hall–Kier alpha value is -4.35. The molecule has 4 aromatic rings. The molecule has 7 nitrogen and oxygen atoms in total. The van der Waals surface area contributed by atoms with Gasteiger partial charge in [-0.2, -0.15) is 13.2 Å². The largest absolute Gasteiger partial charge is 0.416 e. The van der Waals surface area contributed by atoms with Crippen molar-refractivity contribution in [3.05, 3.63) is 130 Å². The van der Waals surface area contributed by atoms with Crippen molar-refractivity contribution in [1.29, 1.82) is 0 Å². The van der Waals surface area contributed by atoms with Crippen LogP contribution in [0.4, 0.5) is 18.9 Å². The predicted octanol–water partition coefficient (Wildman–Crippen LogP) is 7.42. The molecule has 0 aliphatic rings. The summed E-state index contributed by atoms with van der Waals surface area (Å²) >= 11 is 6.26. The number of hydrogen-bond donors (Lipinski definition) is 1. The molecule has 4 aromatic carbocycles. The molecule has 0 saturated carbocycles. The van der Waals surface area contributed by atoms with Crippen molar-refractivity contribution >= 4 is 39.1 Å². The van der Waals surface area contributed by atoms with Crippen LogP contribution in [0.15, 0.2) is 108 Å². The Morgan fingerprint density at radius 1 is 0.833 bits per heavy atom. The lowest BCUT2D eigenvalue weighted by molar-refractivity contribution is -0.140. The van der Waals surface area contributed by atoms with E-state index in [9.17, 15) is 31.2 Å². The maximum absolute atomic E-state index is 14.5. The second-order valence-corrected chi connectivity index (χ2v) is 14.8. The Morgan fingerprint density at radius 3 is 2.06 bits per heavy atom. The van der Waals surface area contributed by atoms with Gasteiger partial charge in [-0.15, -0.1) is 0 Å². The molecule has 0 heterocycles. The van der Waals surface area contributed by atoms with Crippen LogP contribution in [0.5, 0.6) is 0 Å². The summed E-state index contributed by atoms with van der Waals surface area (Å²) in [5.41, 5.74) is -0.0757. The topological polar surface area (TPSA) is 86.8 Å². The number of halogens is 4. The van der Waals surface area contributed by atoms with Crippen LogP contribution in [0.3, 0.4) is 0 Å². The maximum Gasteiger partial charge on any atom is 0.416 e. The highest BCUT2D eigenvalue weighted by molar-refractivity contribution is 7.92. The standard InChI is InChI=1S/C36H37ClF3N3O4S/c1-25-16-18-31(19-17-25)48(46,47)43(30-15-9-13-28(22-30)36(38,39)40)24-33(44)42(23-27-12-8-14-29(37)20-27)32(34(45)41-35(2,3)4)21-26-10-6-5-7-11-26/h5-20,22,32H,21,23-24H2,1-4H3,(H,41,45). The van der Waals surface area contributed by atoms with Gasteiger partial charge >= 0.3 is 6.18 Å². The summed E-state index contributed by atoms with van der Waals surface area (Å²) < 4.78 is 70.3. The molecular weight excluding hydrogens is 663 g/mol. The number of anilines is 1. The van der Waals surface area contributed by atoms with E-state index in [1.807, 2.05) is 6.07 Å². The minimum Gasteiger partial charge on any atom is -0.350 e. The molecule has 0 fully saturated rings. The van der Waals surface area contributed by atoms with Crippen LogP contribution in [-0.2, 0) is 38.8 Å². The van der Waals surface area contributed by atoms with Crippen molar-refractivity contribution in [1.82, 2.24) is 10.2 Å². The van der Waals surface area contributed by atoms with E-state index in [0.29, 0.717) is 21.0 Å². The molecule has 1 unspecified atom stereocenters. The zero-order valence-corrected chi connectivity index (χ0v) is 28.5. The van der Waals surface area contributed by atoms with Crippen LogP contribution in [0, 0.1) is 6.92 Å². The van der Waals surface area contributed by atoms with Crippen molar-refractivity contribution in [2.24, 2.45) is 0 Å². The lowest BCUT2D eigenvalue weighted by atomic mass is 10.0. The summed E-state index contributed by atoms with van der Waals surface area (Å²) in [4.78, 5) is 29.5. The highest BCUT2D eigenvalue weighted by Gasteiger charge is 2.37. The summed E-state index contributed by atoms with van der Waals surface area (Å²) in [5, 5.41) is 3.31. The van der Waals surface area contributed by atoms with Gasteiger partial charge in [0.05, 0.1) is 16.1 Å². The number of amides is 2. The van der Waals surface area contributed by atoms with Gasteiger partial charge in [0.25, 0.3) is 10.0 Å². The summed E-state index contributed by atoms with van der Waals surface area (Å²) in [6.07, 6.45) is -4.70. The first kappa shape index (κ1) is 36.5. The van der Waals surface area contributed by atoms with Gasteiger partial charge in [0.2, 0.25) is 11.8 Å². The SMILES string of the molecule is Cc1ccc(S(=O)(=O)N(CC(=O)N(Cc2cccc(Cl)c2)C(Cc2ccccc2)C(=O)NC(C)(C)C)c2cccc(C(F)(F)F)c2)cc1. The molecule has 1 atom stereocenters. The fourth-order valence-electron chi connectivity index (χ4n) is 5.04. The molecule has 12 heteroatoms. The third kappa shape index (κ3) is 9.60. The molecule has 1 N–H and O–H groups in total. The van der Waals surface area contributed by atoms with Gasteiger partial charge < -0.3 is 10.2 Å². The lowest BCUT2D eigenvalue weighted by Gasteiger charge is -2.35.